The second-order valence-corrected chi connectivity index (χ2v) is 6.04. The van der Waals surface area contributed by atoms with E-state index in [4.69, 9.17) is 14.9 Å². The van der Waals surface area contributed by atoms with Gasteiger partial charge in [-0.1, -0.05) is 0 Å². The molecule has 0 aliphatic rings. The largest absolute Gasteiger partial charge is 0.465 e. The molecule has 1 unspecified atom stereocenters. The number of furan rings is 1. The quantitative estimate of drug-likeness (QED) is 0.135. The molecule has 2 aromatic rings. The Morgan fingerprint density at radius 3 is 2.86 bits per heavy atom. The summed E-state index contributed by atoms with van der Waals surface area (Å²) in [5.74, 6) is 1.15. The molecule has 152 valence electrons. The zero-order valence-electron chi connectivity index (χ0n) is 15.5. The lowest BCUT2D eigenvalue weighted by atomic mass is 10.2. The molecule has 10 heteroatoms. The Balaban J connectivity index is 1.87. The molecule has 9 nitrogen and oxygen atoms in total. The average molecular weight is 393 g/mol. The van der Waals surface area contributed by atoms with Crippen LogP contribution in [0.4, 0.5) is 15.8 Å². The molecule has 0 aliphatic carbocycles. The third-order valence-electron chi connectivity index (χ3n) is 3.97. The summed E-state index contributed by atoms with van der Waals surface area (Å²) >= 11 is 0. The van der Waals surface area contributed by atoms with E-state index in [9.17, 15) is 9.30 Å². The number of hydrogen-bond acceptors (Lipinski definition) is 8. The van der Waals surface area contributed by atoms with Crippen molar-refractivity contribution in [1.82, 2.24) is 5.32 Å². The highest BCUT2D eigenvalue weighted by molar-refractivity contribution is 5.78. The van der Waals surface area contributed by atoms with E-state index in [1.165, 1.54) is 11.0 Å². The lowest BCUT2D eigenvalue weighted by Crippen LogP contribution is -2.31. The molecule has 0 saturated carbocycles. The monoisotopic (exact) mass is 393 g/mol. The maximum absolute atomic E-state index is 14.4. The van der Waals surface area contributed by atoms with Crippen LogP contribution in [-0.4, -0.2) is 43.8 Å². The molecule has 0 saturated heterocycles. The molecule has 1 heterocycles. The normalized spacial score (nSPS) is 11.7. The Morgan fingerprint density at radius 1 is 1.43 bits per heavy atom. The zero-order valence-corrected chi connectivity index (χ0v) is 15.5. The highest BCUT2D eigenvalue weighted by atomic mass is 19.1. The van der Waals surface area contributed by atoms with E-state index in [1.54, 1.807) is 12.1 Å². The van der Waals surface area contributed by atoms with Crippen molar-refractivity contribution in [3.63, 3.8) is 0 Å². The van der Waals surface area contributed by atoms with Crippen molar-refractivity contribution in [2.45, 2.75) is 19.6 Å². The second-order valence-electron chi connectivity index (χ2n) is 6.04. The summed E-state index contributed by atoms with van der Waals surface area (Å²) in [5, 5.41) is 24.9. The van der Waals surface area contributed by atoms with E-state index >= 15 is 0 Å². The van der Waals surface area contributed by atoms with Gasteiger partial charge in [0, 0.05) is 18.8 Å². The molecule has 0 fully saturated rings. The van der Waals surface area contributed by atoms with Crippen molar-refractivity contribution in [2.75, 3.05) is 36.5 Å². The van der Waals surface area contributed by atoms with Crippen molar-refractivity contribution in [2.24, 2.45) is 5.34 Å². The van der Waals surface area contributed by atoms with Crippen LogP contribution < -0.4 is 15.5 Å². The van der Waals surface area contributed by atoms with Gasteiger partial charge < -0.3 is 29.9 Å². The molecule has 0 spiro atoms. The Bertz CT molecular complexity index is 770. The molecule has 1 aromatic carbocycles. The Morgan fingerprint density at radius 2 is 2.25 bits per heavy atom. The van der Waals surface area contributed by atoms with E-state index in [-0.39, 0.29) is 12.2 Å². The van der Waals surface area contributed by atoms with Gasteiger partial charge in [0.15, 0.2) is 11.4 Å². The molecule has 1 atom stereocenters. The van der Waals surface area contributed by atoms with Crippen LogP contribution in [0.2, 0.25) is 0 Å². The van der Waals surface area contributed by atoms with E-state index in [0.29, 0.717) is 25.3 Å². The number of nitrogens with one attached hydrogen (secondary N) is 3. The third kappa shape index (κ3) is 6.32. The molecule has 4 N–H and O–H groups in total. The van der Waals surface area contributed by atoms with Gasteiger partial charge in [0.25, 0.3) is 0 Å². The van der Waals surface area contributed by atoms with Crippen LogP contribution >= 0.6 is 0 Å². The number of hydrogen-bond donors (Lipinski definition) is 4. The van der Waals surface area contributed by atoms with Crippen LogP contribution in [0.25, 0.3) is 0 Å². The number of halogens is 1. The van der Waals surface area contributed by atoms with Crippen LogP contribution in [0, 0.1) is 23.1 Å². The van der Waals surface area contributed by atoms with E-state index in [0.717, 1.165) is 17.9 Å². The first-order chi connectivity index (χ1) is 13.6. The van der Waals surface area contributed by atoms with Gasteiger partial charge in [-0.05, 0) is 37.3 Å². The van der Waals surface area contributed by atoms with Gasteiger partial charge in [0.05, 0.1) is 31.7 Å². The van der Waals surface area contributed by atoms with Crippen molar-refractivity contribution in [3.05, 3.63) is 52.6 Å². The summed E-state index contributed by atoms with van der Waals surface area (Å²) in [7, 11) is 0. The fraction of sp³-hybridized carbons (Fsp3) is 0.389. The first-order valence-electron chi connectivity index (χ1n) is 8.73. The summed E-state index contributed by atoms with van der Waals surface area (Å²) in [5.41, 5.74) is 0.714. The summed E-state index contributed by atoms with van der Waals surface area (Å²) in [6, 6.07) is 8.23. The van der Waals surface area contributed by atoms with E-state index in [1.807, 2.05) is 19.1 Å². The zero-order chi connectivity index (χ0) is 20.4. The van der Waals surface area contributed by atoms with E-state index in [2.05, 4.69) is 20.8 Å². The third-order valence-corrected chi connectivity index (χ3v) is 3.97. The molecular weight excluding hydrogens is 369 g/mol. The predicted molar refractivity (Wildman–Crippen MR) is 104 cm³/mol. The fourth-order valence-corrected chi connectivity index (χ4v) is 2.52. The SMILES string of the molecule is Cc1ccc(CNCCN(C=N)c2ccc(NCC(CO)ON=O)cc2F)o1. The molecular formula is C18H24FN5O4. The van der Waals surface area contributed by atoms with Crippen molar-refractivity contribution in [1.29, 1.82) is 5.41 Å². The first kappa shape index (κ1) is 21.3. The lowest BCUT2D eigenvalue weighted by Gasteiger charge is -2.21. The van der Waals surface area contributed by atoms with Crippen LogP contribution in [0.1, 0.15) is 11.5 Å². The number of aliphatic hydroxyl groups is 1. The Labute approximate surface area is 161 Å². The number of aryl methyl sites for hydroxylation is 1. The molecule has 28 heavy (non-hydrogen) atoms. The number of benzene rings is 1. The van der Waals surface area contributed by atoms with Crippen molar-refractivity contribution in [3.8, 4) is 0 Å². The van der Waals surface area contributed by atoms with Gasteiger partial charge in [-0.15, -0.1) is 4.91 Å². The van der Waals surface area contributed by atoms with Crippen molar-refractivity contribution < 1.29 is 18.8 Å². The van der Waals surface area contributed by atoms with Gasteiger partial charge in [-0.2, -0.15) is 0 Å². The van der Waals surface area contributed by atoms with Gasteiger partial charge >= 0.3 is 0 Å². The van der Waals surface area contributed by atoms with Crippen LogP contribution in [0.15, 0.2) is 40.1 Å². The minimum Gasteiger partial charge on any atom is -0.465 e. The van der Waals surface area contributed by atoms with Gasteiger partial charge in [-0.3, -0.25) is 5.41 Å². The minimum atomic E-state index is -0.817. The maximum Gasteiger partial charge on any atom is 0.170 e. The number of nitrogens with zero attached hydrogens (tertiary/aromatic N) is 2. The fourth-order valence-electron chi connectivity index (χ4n) is 2.52. The predicted octanol–water partition coefficient (Wildman–Crippen LogP) is 2.40. The van der Waals surface area contributed by atoms with Crippen LogP contribution in [0.3, 0.4) is 0 Å². The highest BCUT2D eigenvalue weighted by Gasteiger charge is 2.12. The smallest absolute Gasteiger partial charge is 0.170 e. The molecule has 0 radical (unpaired) electrons. The molecule has 0 aliphatic heterocycles. The summed E-state index contributed by atoms with van der Waals surface area (Å²) in [6.07, 6.45) is 0.248. The van der Waals surface area contributed by atoms with Crippen molar-refractivity contribution >= 4 is 17.7 Å². The number of aliphatic hydroxyl groups excluding tert-OH is 1. The highest BCUT2D eigenvalue weighted by Crippen LogP contribution is 2.22. The lowest BCUT2D eigenvalue weighted by molar-refractivity contribution is 0.0223. The van der Waals surface area contributed by atoms with Gasteiger partial charge in [0.2, 0.25) is 0 Å². The van der Waals surface area contributed by atoms with Crippen LogP contribution in [-0.2, 0) is 11.4 Å². The number of anilines is 2. The standard InChI is InChI=1S/C18H24FN5O4/c1-13-2-4-15(27-13)9-21-6-7-24(12-20)18-5-3-14(8-17(18)19)22-10-16(11-25)28-23-26/h2-5,8,12,16,20-22,25H,6-7,9-11H2,1H3. The molecule has 0 amide bonds. The summed E-state index contributed by atoms with van der Waals surface area (Å²) < 4.78 is 19.9. The molecule has 2 rings (SSSR count). The maximum atomic E-state index is 14.4. The molecule has 0 bridgehead atoms. The average Bonchev–Trinajstić information content (AvgIpc) is 3.11. The Hall–Kier alpha value is -2.98. The van der Waals surface area contributed by atoms with Gasteiger partial charge in [-0.25, -0.2) is 4.39 Å². The summed E-state index contributed by atoms with van der Waals surface area (Å²) in [6.45, 7) is 3.05. The number of rotatable bonds is 13. The van der Waals surface area contributed by atoms with Gasteiger partial charge in [0.1, 0.15) is 17.3 Å². The minimum absolute atomic E-state index is 0.0888. The first-order valence-corrected chi connectivity index (χ1v) is 8.73. The Kier molecular flexibility index (Phi) is 8.37. The van der Waals surface area contributed by atoms with Crippen LogP contribution in [0.5, 0.6) is 0 Å². The topological polar surface area (TPSA) is 123 Å². The molecule has 1 aromatic heterocycles. The van der Waals surface area contributed by atoms with E-state index < -0.39 is 18.5 Å². The second kappa shape index (κ2) is 11.0. The summed E-state index contributed by atoms with van der Waals surface area (Å²) in [4.78, 5) is 16.0.